The Morgan fingerprint density at radius 3 is 2.93 bits per heavy atom. The van der Waals surface area contributed by atoms with E-state index in [1.807, 2.05) is 0 Å². The highest BCUT2D eigenvalue weighted by atomic mass is 16.4. The van der Waals surface area contributed by atoms with E-state index in [-0.39, 0.29) is 18.1 Å². The number of hydrogen-bond acceptors (Lipinski definition) is 5. The smallest absolute Gasteiger partial charge is 0.358 e. The molecule has 6 heteroatoms. The fourth-order valence-electron chi connectivity index (χ4n) is 0.928. The van der Waals surface area contributed by atoms with Gasteiger partial charge in [-0.05, 0) is 12.5 Å². The van der Waals surface area contributed by atoms with Gasteiger partial charge in [-0.1, -0.05) is 6.08 Å². The van der Waals surface area contributed by atoms with Crippen LogP contribution in [0.4, 0.5) is 5.82 Å². The first-order valence-corrected chi connectivity index (χ1v) is 4.28. The van der Waals surface area contributed by atoms with Crippen molar-refractivity contribution in [3.63, 3.8) is 0 Å². The van der Waals surface area contributed by atoms with E-state index in [2.05, 4.69) is 9.97 Å². The summed E-state index contributed by atoms with van der Waals surface area (Å²) in [5.74, 6) is -1.32. The molecular weight excluding hydrogens is 198 g/mol. The fourth-order valence-corrected chi connectivity index (χ4v) is 0.928. The third kappa shape index (κ3) is 3.03. The van der Waals surface area contributed by atoms with Gasteiger partial charge in [0, 0.05) is 6.61 Å². The summed E-state index contributed by atoms with van der Waals surface area (Å²) in [6.45, 7) is 0.0324. The molecule has 0 aliphatic heterocycles. The number of anilines is 1. The molecule has 0 saturated carbocycles. The van der Waals surface area contributed by atoms with Crippen molar-refractivity contribution in [2.45, 2.75) is 6.42 Å². The van der Waals surface area contributed by atoms with Crippen molar-refractivity contribution in [2.24, 2.45) is 0 Å². The number of rotatable bonds is 4. The van der Waals surface area contributed by atoms with Gasteiger partial charge in [-0.2, -0.15) is 0 Å². The Balaban J connectivity index is 2.92. The first-order valence-electron chi connectivity index (χ1n) is 4.28. The number of carboxylic acids is 1. The molecule has 0 saturated heterocycles. The Kier molecular flexibility index (Phi) is 3.75. The minimum Gasteiger partial charge on any atom is -0.476 e. The second-order valence-electron chi connectivity index (χ2n) is 2.75. The summed E-state index contributed by atoms with van der Waals surface area (Å²) in [7, 11) is 0. The van der Waals surface area contributed by atoms with E-state index in [0.29, 0.717) is 12.1 Å². The molecule has 1 heterocycles. The van der Waals surface area contributed by atoms with Crippen LogP contribution in [0.15, 0.2) is 12.3 Å². The Morgan fingerprint density at radius 2 is 2.33 bits per heavy atom. The standard InChI is InChI=1S/C9H11N3O3/c10-8-7(9(14)15)12-6(5-11-8)3-1-2-4-13/h1,3,5,13H,2,4H2,(H2,10,11)(H,14,15). The Hall–Kier alpha value is -1.95. The van der Waals surface area contributed by atoms with Crippen LogP contribution in [0, 0.1) is 0 Å². The quantitative estimate of drug-likeness (QED) is 0.651. The predicted molar refractivity (Wildman–Crippen MR) is 54.1 cm³/mol. The van der Waals surface area contributed by atoms with Crippen molar-refractivity contribution in [2.75, 3.05) is 12.3 Å². The molecule has 0 unspecified atom stereocenters. The first kappa shape index (κ1) is 11.1. The van der Waals surface area contributed by atoms with Crippen molar-refractivity contribution in [1.82, 2.24) is 9.97 Å². The maximum Gasteiger partial charge on any atom is 0.358 e. The van der Waals surface area contributed by atoms with Gasteiger partial charge in [-0.15, -0.1) is 0 Å². The normalized spacial score (nSPS) is 10.7. The van der Waals surface area contributed by atoms with E-state index in [0.717, 1.165) is 0 Å². The highest BCUT2D eigenvalue weighted by molar-refractivity contribution is 5.90. The van der Waals surface area contributed by atoms with Crippen LogP contribution < -0.4 is 5.73 Å². The number of nitrogen functional groups attached to an aromatic ring is 1. The van der Waals surface area contributed by atoms with Gasteiger partial charge in [-0.25, -0.2) is 14.8 Å². The molecule has 0 aromatic carbocycles. The largest absolute Gasteiger partial charge is 0.476 e. The van der Waals surface area contributed by atoms with Crippen molar-refractivity contribution >= 4 is 17.9 Å². The Morgan fingerprint density at radius 1 is 1.60 bits per heavy atom. The van der Waals surface area contributed by atoms with Crippen LogP contribution in [0.1, 0.15) is 22.6 Å². The Bertz CT molecular complexity index is 390. The summed E-state index contributed by atoms with van der Waals surface area (Å²) in [5, 5.41) is 17.2. The molecule has 0 radical (unpaired) electrons. The molecule has 0 aliphatic rings. The minimum absolute atomic E-state index is 0.0324. The van der Waals surface area contributed by atoms with Crippen LogP contribution in [-0.4, -0.2) is 32.8 Å². The molecule has 6 nitrogen and oxygen atoms in total. The number of nitrogens with zero attached hydrogens (tertiary/aromatic N) is 2. The number of hydrogen-bond donors (Lipinski definition) is 3. The van der Waals surface area contributed by atoms with Crippen LogP contribution in [0.5, 0.6) is 0 Å². The first-order chi connectivity index (χ1) is 7.15. The van der Waals surface area contributed by atoms with Crippen molar-refractivity contribution in [3.8, 4) is 0 Å². The minimum atomic E-state index is -1.21. The highest BCUT2D eigenvalue weighted by Crippen LogP contribution is 2.07. The number of carboxylic acid groups (broad SMARTS) is 1. The molecule has 1 rings (SSSR count). The van der Waals surface area contributed by atoms with E-state index in [9.17, 15) is 4.79 Å². The molecule has 0 amide bonds. The van der Waals surface area contributed by atoms with E-state index in [1.165, 1.54) is 6.20 Å². The van der Waals surface area contributed by atoms with Gasteiger partial charge >= 0.3 is 5.97 Å². The summed E-state index contributed by atoms with van der Waals surface area (Å²) >= 11 is 0. The van der Waals surface area contributed by atoms with Crippen LogP contribution >= 0.6 is 0 Å². The van der Waals surface area contributed by atoms with E-state index < -0.39 is 5.97 Å². The summed E-state index contributed by atoms with van der Waals surface area (Å²) in [5.41, 5.74) is 5.46. The van der Waals surface area contributed by atoms with Crippen molar-refractivity contribution < 1.29 is 15.0 Å². The summed E-state index contributed by atoms with van der Waals surface area (Å²) in [6, 6.07) is 0. The zero-order valence-electron chi connectivity index (χ0n) is 7.92. The molecule has 0 atom stereocenters. The SMILES string of the molecule is Nc1ncc(C=CCCO)nc1C(=O)O. The molecule has 1 aromatic heterocycles. The Labute approximate surface area is 86.1 Å². The van der Waals surface area contributed by atoms with Gasteiger partial charge in [0.05, 0.1) is 11.9 Å². The number of nitrogens with two attached hydrogens (primary N) is 1. The van der Waals surface area contributed by atoms with Crippen molar-refractivity contribution in [3.05, 3.63) is 23.7 Å². The van der Waals surface area contributed by atoms with E-state index in [1.54, 1.807) is 12.2 Å². The lowest BCUT2D eigenvalue weighted by molar-refractivity contribution is 0.0691. The molecule has 15 heavy (non-hydrogen) atoms. The number of aromatic carboxylic acids is 1. The molecule has 1 aromatic rings. The van der Waals surface area contributed by atoms with Gasteiger partial charge < -0.3 is 15.9 Å². The summed E-state index contributed by atoms with van der Waals surface area (Å²) < 4.78 is 0. The molecule has 0 fully saturated rings. The monoisotopic (exact) mass is 209 g/mol. The lowest BCUT2D eigenvalue weighted by atomic mass is 10.3. The van der Waals surface area contributed by atoms with Gasteiger partial charge in [0.2, 0.25) is 0 Å². The third-order valence-corrected chi connectivity index (χ3v) is 1.61. The lowest BCUT2D eigenvalue weighted by Crippen LogP contribution is -2.08. The molecule has 0 aliphatic carbocycles. The highest BCUT2D eigenvalue weighted by Gasteiger charge is 2.10. The van der Waals surface area contributed by atoms with Gasteiger partial charge in [-0.3, -0.25) is 0 Å². The molecular formula is C9H11N3O3. The number of aromatic nitrogens is 2. The molecule has 4 N–H and O–H groups in total. The van der Waals surface area contributed by atoms with Crippen LogP contribution in [0.25, 0.3) is 6.08 Å². The summed E-state index contributed by atoms with van der Waals surface area (Å²) in [4.78, 5) is 18.1. The second-order valence-corrected chi connectivity index (χ2v) is 2.75. The third-order valence-electron chi connectivity index (χ3n) is 1.61. The van der Waals surface area contributed by atoms with Gasteiger partial charge in [0.25, 0.3) is 0 Å². The average molecular weight is 209 g/mol. The molecule has 0 spiro atoms. The molecule has 80 valence electrons. The van der Waals surface area contributed by atoms with E-state index in [4.69, 9.17) is 15.9 Å². The maximum atomic E-state index is 10.7. The zero-order chi connectivity index (χ0) is 11.3. The topological polar surface area (TPSA) is 109 Å². The second kappa shape index (κ2) is 5.06. The molecule has 0 bridgehead atoms. The van der Waals surface area contributed by atoms with Crippen molar-refractivity contribution in [1.29, 1.82) is 0 Å². The number of aliphatic hydroxyl groups excluding tert-OH is 1. The van der Waals surface area contributed by atoms with Gasteiger partial charge in [0.15, 0.2) is 11.5 Å². The van der Waals surface area contributed by atoms with E-state index >= 15 is 0 Å². The zero-order valence-corrected chi connectivity index (χ0v) is 7.92. The number of aliphatic hydroxyl groups is 1. The van der Waals surface area contributed by atoms with Crippen LogP contribution in [0.2, 0.25) is 0 Å². The maximum absolute atomic E-state index is 10.7. The van der Waals surface area contributed by atoms with Gasteiger partial charge in [0.1, 0.15) is 0 Å². The number of carbonyl (C=O) groups is 1. The average Bonchev–Trinajstić information content (AvgIpc) is 2.20. The summed E-state index contributed by atoms with van der Waals surface area (Å²) in [6.07, 6.45) is 5.10. The fraction of sp³-hybridized carbons (Fsp3) is 0.222. The predicted octanol–water partition coefficient (Wildman–Crippen LogP) is 0.153. The van der Waals surface area contributed by atoms with Crippen LogP contribution in [0.3, 0.4) is 0 Å². The lowest BCUT2D eigenvalue weighted by Gasteiger charge is -1.99. The van der Waals surface area contributed by atoms with Crippen LogP contribution in [-0.2, 0) is 0 Å².